The number of furan rings is 1. The molecule has 1 aliphatic heterocycles. The summed E-state index contributed by atoms with van der Waals surface area (Å²) in [7, 11) is 1.62. The zero-order valence-corrected chi connectivity index (χ0v) is 18.9. The Bertz CT molecular complexity index is 1280. The van der Waals surface area contributed by atoms with E-state index in [-0.39, 0.29) is 5.91 Å². The van der Waals surface area contributed by atoms with Crippen LogP contribution in [0.3, 0.4) is 0 Å². The Balaban J connectivity index is 1.32. The molecule has 0 saturated carbocycles. The number of rotatable bonds is 6. The third-order valence-corrected chi connectivity index (χ3v) is 6.74. The van der Waals surface area contributed by atoms with Crippen molar-refractivity contribution in [2.75, 3.05) is 19.4 Å². The second-order valence-electron chi connectivity index (χ2n) is 7.66. The fourth-order valence-electron chi connectivity index (χ4n) is 4.10. The van der Waals surface area contributed by atoms with Gasteiger partial charge in [-0.3, -0.25) is 9.36 Å². The molecule has 0 spiro atoms. The van der Waals surface area contributed by atoms with Gasteiger partial charge >= 0.3 is 0 Å². The van der Waals surface area contributed by atoms with Gasteiger partial charge in [-0.15, -0.1) is 10.2 Å². The van der Waals surface area contributed by atoms with Gasteiger partial charge in [-0.05, 0) is 36.6 Å². The maximum atomic E-state index is 12.9. The van der Waals surface area contributed by atoms with Crippen molar-refractivity contribution in [1.82, 2.24) is 19.7 Å². The van der Waals surface area contributed by atoms with Crippen molar-refractivity contribution in [3.8, 4) is 17.3 Å². The van der Waals surface area contributed by atoms with Crippen LogP contribution in [0, 0.1) is 0 Å². The molecule has 1 aliphatic rings. The Morgan fingerprint density at radius 2 is 2.00 bits per heavy atom. The zero-order valence-electron chi connectivity index (χ0n) is 18.1. The smallest absolute Gasteiger partial charge is 0.233 e. The number of hydrogen-bond acceptors (Lipinski definition) is 6. The van der Waals surface area contributed by atoms with E-state index in [0.29, 0.717) is 46.9 Å². The number of amides is 1. The lowest BCUT2D eigenvalue weighted by atomic mass is 10.00. The van der Waals surface area contributed by atoms with Crippen LogP contribution >= 0.6 is 11.8 Å². The van der Waals surface area contributed by atoms with Crippen LogP contribution in [0.5, 0.6) is 5.75 Å². The molecule has 0 N–H and O–H groups in total. The molecular weight excluding hydrogens is 424 g/mol. The van der Waals surface area contributed by atoms with Crippen LogP contribution in [0.4, 0.5) is 0 Å². The molecule has 164 valence electrons. The molecule has 3 heterocycles. The monoisotopic (exact) mass is 448 g/mol. The number of carbonyl (C=O) groups excluding carboxylic acids is 1. The Hall–Kier alpha value is -3.26. The number of thioether (sulfide) groups is 1. The highest BCUT2D eigenvalue weighted by Gasteiger charge is 2.23. The first-order chi connectivity index (χ1) is 15.7. The van der Waals surface area contributed by atoms with Crippen LogP contribution in [-0.4, -0.2) is 45.0 Å². The number of hydrogen-bond donors (Lipinski definition) is 0. The molecular formula is C24H24N4O3S. The average Bonchev–Trinajstić information content (AvgIpc) is 3.45. The molecule has 5 rings (SSSR count). The lowest BCUT2D eigenvalue weighted by Gasteiger charge is -2.28. The van der Waals surface area contributed by atoms with Crippen LogP contribution in [0.1, 0.15) is 18.1 Å². The number of fused-ring (bicyclic) bond motifs is 2. The summed E-state index contributed by atoms with van der Waals surface area (Å²) in [5, 5.41) is 10.4. The molecule has 8 heteroatoms. The summed E-state index contributed by atoms with van der Waals surface area (Å²) in [6, 6.07) is 16.0. The summed E-state index contributed by atoms with van der Waals surface area (Å²) >= 11 is 1.42. The minimum atomic E-state index is 0.116. The SMILES string of the molecule is CCn1c(SCC(=O)N2CCc3ccccc3C2)nnc1-c1cc2cccc(OC)c2o1. The van der Waals surface area contributed by atoms with Crippen molar-refractivity contribution < 1.29 is 13.9 Å². The van der Waals surface area contributed by atoms with Crippen LogP contribution in [0.15, 0.2) is 58.1 Å². The van der Waals surface area contributed by atoms with Gasteiger partial charge in [0.25, 0.3) is 0 Å². The molecule has 0 fully saturated rings. The van der Waals surface area contributed by atoms with Gasteiger partial charge in [0.15, 0.2) is 22.2 Å². The molecule has 32 heavy (non-hydrogen) atoms. The van der Waals surface area contributed by atoms with Gasteiger partial charge < -0.3 is 14.1 Å². The van der Waals surface area contributed by atoms with E-state index in [1.807, 2.05) is 46.7 Å². The molecule has 2 aromatic carbocycles. The van der Waals surface area contributed by atoms with Crippen molar-refractivity contribution in [3.63, 3.8) is 0 Å². The summed E-state index contributed by atoms with van der Waals surface area (Å²) < 4.78 is 13.4. The third kappa shape index (κ3) is 3.75. The Kier molecular flexibility index (Phi) is 5.61. The van der Waals surface area contributed by atoms with Crippen LogP contribution < -0.4 is 4.74 Å². The largest absolute Gasteiger partial charge is 0.493 e. The van der Waals surface area contributed by atoms with E-state index in [1.165, 1.54) is 22.9 Å². The second-order valence-corrected chi connectivity index (χ2v) is 8.60. The molecule has 0 bridgehead atoms. The van der Waals surface area contributed by atoms with E-state index < -0.39 is 0 Å². The molecule has 0 atom stereocenters. The number of para-hydroxylation sites is 1. The molecule has 4 aromatic rings. The van der Waals surface area contributed by atoms with Gasteiger partial charge in [-0.25, -0.2) is 0 Å². The highest BCUT2D eigenvalue weighted by atomic mass is 32.2. The highest BCUT2D eigenvalue weighted by Crippen LogP contribution is 2.34. The summed E-state index contributed by atoms with van der Waals surface area (Å²) in [6.45, 7) is 4.12. The third-order valence-electron chi connectivity index (χ3n) is 5.79. The maximum absolute atomic E-state index is 12.9. The second kappa shape index (κ2) is 8.70. The van der Waals surface area contributed by atoms with Gasteiger partial charge in [-0.1, -0.05) is 48.2 Å². The molecule has 1 amide bonds. The minimum absolute atomic E-state index is 0.116. The first-order valence-electron chi connectivity index (χ1n) is 10.7. The lowest BCUT2D eigenvalue weighted by Crippen LogP contribution is -2.37. The quantitative estimate of drug-likeness (QED) is 0.407. The fourth-order valence-corrected chi connectivity index (χ4v) is 5.00. The zero-order chi connectivity index (χ0) is 22.1. The number of benzene rings is 2. The lowest BCUT2D eigenvalue weighted by molar-refractivity contribution is -0.129. The van der Waals surface area contributed by atoms with Crippen LogP contribution in [0.2, 0.25) is 0 Å². The number of methoxy groups -OCH3 is 1. The summed E-state index contributed by atoms with van der Waals surface area (Å²) in [4.78, 5) is 14.8. The first kappa shape index (κ1) is 20.6. The Morgan fingerprint density at radius 3 is 2.81 bits per heavy atom. The van der Waals surface area contributed by atoms with E-state index in [2.05, 4.69) is 28.4 Å². The fraction of sp³-hybridized carbons (Fsp3) is 0.292. The number of aromatic nitrogens is 3. The van der Waals surface area contributed by atoms with E-state index in [1.54, 1.807) is 7.11 Å². The van der Waals surface area contributed by atoms with Crippen molar-refractivity contribution in [1.29, 1.82) is 0 Å². The van der Waals surface area contributed by atoms with Crippen molar-refractivity contribution in [2.24, 2.45) is 0 Å². The van der Waals surface area contributed by atoms with Crippen LogP contribution in [-0.2, 0) is 24.3 Å². The molecule has 2 aromatic heterocycles. The Morgan fingerprint density at radius 1 is 1.16 bits per heavy atom. The minimum Gasteiger partial charge on any atom is -0.493 e. The molecule has 0 aliphatic carbocycles. The van der Waals surface area contributed by atoms with Crippen molar-refractivity contribution >= 4 is 28.6 Å². The topological polar surface area (TPSA) is 73.4 Å². The van der Waals surface area contributed by atoms with E-state index in [4.69, 9.17) is 9.15 Å². The number of nitrogens with zero attached hydrogens (tertiary/aromatic N) is 4. The van der Waals surface area contributed by atoms with E-state index >= 15 is 0 Å². The van der Waals surface area contributed by atoms with Gasteiger partial charge in [-0.2, -0.15) is 0 Å². The Labute approximate surface area is 190 Å². The molecule has 0 unspecified atom stereocenters. The van der Waals surface area contributed by atoms with Gasteiger partial charge in [0.2, 0.25) is 11.7 Å². The van der Waals surface area contributed by atoms with Gasteiger partial charge in [0, 0.05) is 25.0 Å². The first-order valence-corrected chi connectivity index (χ1v) is 11.6. The standard InChI is InChI=1S/C24H24N4O3S/c1-3-28-23(20-13-17-9-6-10-19(30-2)22(17)31-20)25-26-24(28)32-15-21(29)27-12-11-16-7-4-5-8-18(16)14-27/h4-10,13H,3,11-12,14-15H2,1-2H3. The summed E-state index contributed by atoms with van der Waals surface area (Å²) in [5.41, 5.74) is 3.25. The summed E-state index contributed by atoms with van der Waals surface area (Å²) in [5.74, 6) is 2.40. The van der Waals surface area contributed by atoms with Crippen LogP contribution in [0.25, 0.3) is 22.6 Å². The normalized spacial score (nSPS) is 13.4. The average molecular weight is 449 g/mol. The van der Waals surface area contributed by atoms with Gasteiger partial charge in [0.1, 0.15) is 0 Å². The maximum Gasteiger partial charge on any atom is 0.233 e. The molecule has 7 nitrogen and oxygen atoms in total. The highest BCUT2D eigenvalue weighted by molar-refractivity contribution is 7.99. The van der Waals surface area contributed by atoms with E-state index in [0.717, 1.165) is 18.4 Å². The van der Waals surface area contributed by atoms with E-state index in [9.17, 15) is 4.79 Å². The predicted molar refractivity (Wildman–Crippen MR) is 124 cm³/mol. The van der Waals surface area contributed by atoms with Gasteiger partial charge in [0.05, 0.1) is 12.9 Å². The molecule has 0 saturated heterocycles. The summed E-state index contributed by atoms with van der Waals surface area (Å²) in [6.07, 6.45) is 0.900. The van der Waals surface area contributed by atoms with Crippen molar-refractivity contribution in [2.45, 2.75) is 31.6 Å². The molecule has 0 radical (unpaired) electrons. The number of ether oxygens (including phenoxy) is 1. The predicted octanol–water partition coefficient (Wildman–Crippen LogP) is 4.40. The van der Waals surface area contributed by atoms with Crippen molar-refractivity contribution in [3.05, 3.63) is 59.7 Å². The number of carbonyl (C=O) groups is 1.